The lowest BCUT2D eigenvalue weighted by atomic mass is 10.1. The molecular formula is C25H29ClN2O7. The fraction of sp³-hybridized carbons (Fsp3) is 0.440. The Balaban J connectivity index is 1.66. The molecule has 0 aliphatic heterocycles. The van der Waals surface area contributed by atoms with Crippen molar-refractivity contribution in [1.29, 1.82) is 0 Å². The summed E-state index contributed by atoms with van der Waals surface area (Å²) in [5.41, 5.74) is 0.817. The van der Waals surface area contributed by atoms with Crippen LogP contribution in [0.15, 0.2) is 30.5 Å². The molecule has 0 saturated heterocycles. The summed E-state index contributed by atoms with van der Waals surface area (Å²) in [5.74, 6) is -1.22. The quantitative estimate of drug-likeness (QED) is 0.485. The Labute approximate surface area is 209 Å². The summed E-state index contributed by atoms with van der Waals surface area (Å²) in [7, 11) is 1.37. The van der Waals surface area contributed by atoms with Crippen molar-refractivity contribution in [2.24, 2.45) is 5.92 Å². The number of nitrogens with one attached hydrogen (secondary N) is 1. The van der Waals surface area contributed by atoms with E-state index in [1.165, 1.54) is 33.2 Å². The second-order valence-corrected chi connectivity index (χ2v) is 8.88. The van der Waals surface area contributed by atoms with Gasteiger partial charge in [0.15, 0.2) is 11.4 Å². The minimum atomic E-state index is -1.01. The average molecular weight is 505 g/mol. The van der Waals surface area contributed by atoms with Gasteiger partial charge in [0.25, 0.3) is 5.91 Å². The summed E-state index contributed by atoms with van der Waals surface area (Å²) < 4.78 is 22.0. The number of amides is 1. The monoisotopic (exact) mass is 504 g/mol. The predicted molar refractivity (Wildman–Crippen MR) is 128 cm³/mol. The minimum absolute atomic E-state index is 0.133. The van der Waals surface area contributed by atoms with Crippen molar-refractivity contribution in [3.05, 3.63) is 46.7 Å². The normalized spacial score (nSPS) is 15.4. The molecule has 3 atom stereocenters. The van der Waals surface area contributed by atoms with Crippen LogP contribution >= 0.6 is 11.6 Å². The highest BCUT2D eigenvalue weighted by molar-refractivity contribution is 6.32. The molecule has 1 aromatic heterocycles. The number of hydrogen-bond donors (Lipinski definition) is 1. The average Bonchev–Trinajstić information content (AvgIpc) is 3.63. The van der Waals surface area contributed by atoms with E-state index in [0.717, 1.165) is 18.4 Å². The van der Waals surface area contributed by atoms with Crippen LogP contribution in [-0.4, -0.2) is 48.2 Å². The molecular weight excluding hydrogens is 476 g/mol. The minimum Gasteiger partial charge on any atom is -0.493 e. The number of ether oxygens (including phenoxy) is 4. The molecule has 1 aromatic carbocycles. The molecule has 0 spiro atoms. The first kappa shape index (κ1) is 26.3. The van der Waals surface area contributed by atoms with Crippen molar-refractivity contribution in [3.63, 3.8) is 0 Å². The first-order chi connectivity index (χ1) is 16.6. The van der Waals surface area contributed by atoms with Gasteiger partial charge in [-0.15, -0.1) is 0 Å². The number of pyridine rings is 1. The van der Waals surface area contributed by atoms with Crippen molar-refractivity contribution in [2.75, 3.05) is 7.11 Å². The summed E-state index contributed by atoms with van der Waals surface area (Å²) in [5, 5.41) is 3.02. The zero-order valence-electron chi connectivity index (χ0n) is 20.3. The first-order valence-electron chi connectivity index (χ1n) is 11.3. The molecule has 1 fully saturated rings. The Bertz CT molecular complexity index is 1100. The predicted octanol–water partition coefficient (Wildman–Crippen LogP) is 3.88. The highest BCUT2D eigenvalue weighted by Crippen LogP contribution is 2.39. The van der Waals surface area contributed by atoms with Gasteiger partial charge in [0, 0.05) is 19.2 Å². The van der Waals surface area contributed by atoms with Crippen LogP contribution in [0.4, 0.5) is 0 Å². The van der Waals surface area contributed by atoms with Crippen molar-refractivity contribution in [3.8, 4) is 17.2 Å². The summed E-state index contributed by atoms with van der Waals surface area (Å²) in [6.07, 6.45) is 2.29. The number of halogens is 1. The van der Waals surface area contributed by atoms with Crippen LogP contribution in [0.5, 0.6) is 17.2 Å². The number of esters is 2. The van der Waals surface area contributed by atoms with Crippen LogP contribution in [0.3, 0.4) is 0 Å². The lowest BCUT2D eigenvalue weighted by Gasteiger charge is -2.27. The molecule has 2 aromatic rings. The third-order valence-corrected chi connectivity index (χ3v) is 5.75. The number of benzene rings is 1. The number of aromatic nitrogens is 1. The molecule has 0 bridgehead atoms. The van der Waals surface area contributed by atoms with E-state index in [1.807, 2.05) is 19.1 Å². The number of hydrogen-bond acceptors (Lipinski definition) is 8. The molecule has 9 nitrogen and oxygen atoms in total. The van der Waals surface area contributed by atoms with Gasteiger partial charge >= 0.3 is 11.9 Å². The number of carbonyl (C=O) groups is 3. The molecule has 1 amide bonds. The number of aryl methyl sites for hydroxylation is 1. The summed E-state index contributed by atoms with van der Waals surface area (Å²) in [4.78, 5) is 41.0. The largest absolute Gasteiger partial charge is 0.493 e. The molecule has 1 aliphatic rings. The fourth-order valence-corrected chi connectivity index (χ4v) is 3.80. The van der Waals surface area contributed by atoms with Crippen LogP contribution in [0.25, 0.3) is 0 Å². The van der Waals surface area contributed by atoms with Gasteiger partial charge in [-0.3, -0.25) is 9.59 Å². The second kappa shape index (κ2) is 11.4. The molecule has 188 valence electrons. The van der Waals surface area contributed by atoms with E-state index in [4.69, 9.17) is 30.5 Å². The van der Waals surface area contributed by atoms with E-state index in [9.17, 15) is 14.4 Å². The van der Waals surface area contributed by atoms with Crippen LogP contribution in [0.1, 0.15) is 49.7 Å². The third-order valence-electron chi connectivity index (χ3n) is 5.45. The van der Waals surface area contributed by atoms with Gasteiger partial charge in [-0.1, -0.05) is 17.7 Å². The van der Waals surface area contributed by atoms with Gasteiger partial charge in [0.1, 0.15) is 24.0 Å². The van der Waals surface area contributed by atoms with Crippen LogP contribution in [-0.2, 0) is 14.3 Å². The Morgan fingerprint density at radius 2 is 1.86 bits per heavy atom. The lowest BCUT2D eigenvalue weighted by Crippen LogP contribution is -2.44. The van der Waals surface area contributed by atoms with Gasteiger partial charge in [0.2, 0.25) is 5.75 Å². The Morgan fingerprint density at radius 3 is 2.46 bits per heavy atom. The third kappa shape index (κ3) is 6.85. The first-order valence-corrected chi connectivity index (χ1v) is 11.6. The Kier molecular flexibility index (Phi) is 8.56. The summed E-state index contributed by atoms with van der Waals surface area (Å²) in [6.45, 7) is 6.37. The van der Waals surface area contributed by atoms with Gasteiger partial charge < -0.3 is 24.3 Å². The lowest BCUT2D eigenvalue weighted by molar-refractivity contribution is -0.155. The maximum atomic E-state index is 12.8. The SMILES string of the molecule is COc1ccnc(C(=O)N[C@@H](C)C(=O)O[C@@H](C)[C@H](Oc2ccc(C)cc2Cl)C2CC2)c1OC(C)=O. The van der Waals surface area contributed by atoms with Gasteiger partial charge in [0.05, 0.1) is 12.1 Å². The smallest absolute Gasteiger partial charge is 0.328 e. The van der Waals surface area contributed by atoms with Crippen molar-refractivity contribution in [2.45, 2.75) is 58.8 Å². The molecule has 1 saturated carbocycles. The summed E-state index contributed by atoms with van der Waals surface area (Å²) >= 11 is 6.31. The molecule has 1 aliphatic carbocycles. The molecule has 10 heteroatoms. The number of carbonyl (C=O) groups excluding carboxylic acids is 3. The molecule has 35 heavy (non-hydrogen) atoms. The molecule has 3 rings (SSSR count). The molecule has 1 heterocycles. The Morgan fingerprint density at radius 1 is 1.14 bits per heavy atom. The van der Waals surface area contributed by atoms with Gasteiger partial charge in [-0.2, -0.15) is 0 Å². The van der Waals surface area contributed by atoms with Crippen molar-refractivity contribution >= 4 is 29.4 Å². The standard InChI is InChI=1S/C25H29ClN2O7/c1-13-6-9-19(18(26)12-13)35-22(17-7-8-17)15(3)33-25(31)14(2)28-24(30)21-23(34-16(4)29)20(32-5)10-11-27-21/h6,9-12,14-15,17,22H,7-8H2,1-5H3,(H,28,30)/t14-,15-,22-/m0/s1. The maximum absolute atomic E-state index is 12.8. The van der Waals surface area contributed by atoms with Gasteiger partial charge in [-0.05, 0) is 57.2 Å². The molecule has 0 radical (unpaired) electrons. The Hall–Kier alpha value is -3.33. The highest BCUT2D eigenvalue weighted by Gasteiger charge is 2.39. The van der Waals surface area contributed by atoms with E-state index in [0.29, 0.717) is 10.8 Å². The fourth-order valence-electron chi connectivity index (χ4n) is 3.52. The number of methoxy groups -OCH3 is 1. The zero-order chi connectivity index (χ0) is 25.7. The molecule has 1 N–H and O–H groups in total. The highest BCUT2D eigenvalue weighted by atomic mass is 35.5. The summed E-state index contributed by atoms with van der Waals surface area (Å²) in [6, 6.07) is 5.95. The zero-order valence-corrected chi connectivity index (χ0v) is 21.0. The van der Waals surface area contributed by atoms with E-state index in [-0.39, 0.29) is 29.2 Å². The van der Waals surface area contributed by atoms with Gasteiger partial charge in [-0.25, -0.2) is 9.78 Å². The van der Waals surface area contributed by atoms with E-state index in [2.05, 4.69) is 10.3 Å². The van der Waals surface area contributed by atoms with E-state index < -0.39 is 30.0 Å². The second-order valence-electron chi connectivity index (χ2n) is 8.48. The molecule has 0 unspecified atom stereocenters. The van der Waals surface area contributed by atoms with Crippen LogP contribution in [0, 0.1) is 12.8 Å². The van der Waals surface area contributed by atoms with Crippen LogP contribution < -0.4 is 19.5 Å². The van der Waals surface area contributed by atoms with E-state index >= 15 is 0 Å². The van der Waals surface area contributed by atoms with Crippen LogP contribution in [0.2, 0.25) is 5.02 Å². The van der Waals surface area contributed by atoms with Crippen molar-refractivity contribution in [1.82, 2.24) is 10.3 Å². The van der Waals surface area contributed by atoms with Crippen molar-refractivity contribution < 1.29 is 33.3 Å². The number of rotatable bonds is 10. The van der Waals surface area contributed by atoms with E-state index in [1.54, 1.807) is 13.0 Å². The maximum Gasteiger partial charge on any atom is 0.328 e. The topological polar surface area (TPSA) is 113 Å². The number of nitrogens with zero attached hydrogens (tertiary/aromatic N) is 1.